The largest absolute Gasteiger partial charge is 0.203 e. The second-order valence-electron chi connectivity index (χ2n) is 4.94. The molecular weight excluding hydrogens is 254 g/mol. The predicted octanol–water partition coefficient (Wildman–Crippen LogP) is 5.71. The Kier molecular flexibility index (Phi) is 4.67. The van der Waals surface area contributed by atoms with Crippen LogP contribution < -0.4 is 0 Å². The van der Waals surface area contributed by atoms with E-state index in [-0.39, 0.29) is 11.1 Å². The van der Waals surface area contributed by atoms with Gasteiger partial charge in [-0.25, -0.2) is 8.78 Å². The van der Waals surface area contributed by atoms with E-state index in [0.29, 0.717) is 0 Å². The maximum absolute atomic E-state index is 14.1. The lowest BCUT2D eigenvalue weighted by atomic mass is 10.0. The fourth-order valence-electron chi connectivity index (χ4n) is 2.06. The Morgan fingerprint density at radius 1 is 0.800 bits per heavy atom. The Bertz CT molecular complexity index is 592. The molecule has 2 heteroatoms. The molecule has 0 fully saturated rings. The van der Waals surface area contributed by atoms with Gasteiger partial charge < -0.3 is 0 Å². The van der Waals surface area contributed by atoms with Crippen molar-refractivity contribution < 1.29 is 8.78 Å². The molecule has 0 bridgehead atoms. The van der Waals surface area contributed by atoms with Gasteiger partial charge in [0, 0.05) is 11.1 Å². The Morgan fingerprint density at radius 2 is 1.25 bits per heavy atom. The van der Waals surface area contributed by atoms with Crippen molar-refractivity contribution in [3.63, 3.8) is 0 Å². The number of hydrogen-bond acceptors (Lipinski definition) is 0. The summed E-state index contributed by atoms with van der Waals surface area (Å²) in [5.74, 6) is -1.62. The zero-order valence-electron chi connectivity index (χ0n) is 11.8. The maximum Gasteiger partial charge on any atom is 0.166 e. The second-order valence-corrected chi connectivity index (χ2v) is 4.94. The molecule has 0 nitrogen and oxygen atoms in total. The molecule has 0 heterocycles. The van der Waals surface area contributed by atoms with Crippen LogP contribution in [0.25, 0.3) is 11.7 Å². The van der Waals surface area contributed by atoms with Crippen molar-refractivity contribution in [1.82, 2.24) is 0 Å². The zero-order chi connectivity index (χ0) is 14.5. The van der Waals surface area contributed by atoms with Crippen molar-refractivity contribution in [3.05, 3.63) is 70.8 Å². The average molecular weight is 272 g/mol. The summed E-state index contributed by atoms with van der Waals surface area (Å²) in [4.78, 5) is 0. The molecule has 104 valence electrons. The molecule has 0 saturated heterocycles. The Labute approximate surface area is 118 Å². The summed E-state index contributed by atoms with van der Waals surface area (Å²) in [6.07, 6.45) is 1.99. The van der Waals surface area contributed by atoms with Gasteiger partial charge in [0.05, 0.1) is 0 Å². The highest BCUT2D eigenvalue weighted by Gasteiger charge is 2.11. The van der Waals surface area contributed by atoms with Crippen molar-refractivity contribution >= 4 is 11.7 Å². The smallest absolute Gasteiger partial charge is 0.166 e. The lowest BCUT2D eigenvalue weighted by Gasteiger charge is -2.04. The van der Waals surface area contributed by atoms with E-state index in [1.807, 2.05) is 19.1 Å². The summed E-state index contributed by atoms with van der Waals surface area (Å²) in [6, 6.07) is 13.7. The molecule has 20 heavy (non-hydrogen) atoms. The molecule has 0 aliphatic carbocycles. The molecule has 2 aromatic rings. The maximum atomic E-state index is 14.1. The summed E-state index contributed by atoms with van der Waals surface area (Å²) >= 11 is 0. The lowest BCUT2D eigenvalue weighted by molar-refractivity contribution is 0.700. The number of hydrogen-bond donors (Lipinski definition) is 0. The van der Waals surface area contributed by atoms with Crippen LogP contribution in [0.15, 0.2) is 48.5 Å². The summed E-state index contributed by atoms with van der Waals surface area (Å²) in [6.45, 7) is 4.00. The van der Waals surface area contributed by atoms with Crippen LogP contribution in [0, 0.1) is 6.92 Å². The van der Waals surface area contributed by atoms with Gasteiger partial charge >= 0.3 is 0 Å². The molecular formula is C18H18F2. The number of rotatable bonds is 4. The van der Waals surface area contributed by atoms with Crippen LogP contribution in [0.4, 0.5) is 8.78 Å². The van der Waals surface area contributed by atoms with Gasteiger partial charge in [0.1, 0.15) is 0 Å². The monoisotopic (exact) mass is 272 g/mol. The molecule has 2 aromatic carbocycles. The van der Waals surface area contributed by atoms with Crippen molar-refractivity contribution in [1.29, 1.82) is 0 Å². The first-order valence-corrected chi connectivity index (χ1v) is 6.83. The SMILES string of the molecule is CCCc1ccc(C(F)=C(F)c2ccc(C)cc2)cc1. The standard InChI is InChI=1S/C18H18F2/c1-3-4-14-7-11-16(12-8-14)18(20)17(19)15-9-5-13(2)6-10-15/h5-12H,3-4H2,1-2H3. The van der Waals surface area contributed by atoms with Gasteiger partial charge in [0.15, 0.2) is 11.7 Å². The van der Waals surface area contributed by atoms with Crippen molar-refractivity contribution in [2.75, 3.05) is 0 Å². The van der Waals surface area contributed by atoms with E-state index in [0.717, 1.165) is 24.0 Å². The lowest BCUT2D eigenvalue weighted by Crippen LogP contribution is -1.87. The third-order valence-corrected chi connectivity index (χ3v) is 3.24. The van der Waals surface area contributed by atoms with Crippen LogP contribution in [-0.4, -0.2) is 0 Å². The first-order valence-electron chi connectivity index (χ1n) is 6.83. The predicted molar refractivity (Wildman–Crippen MR) is 80.6 cm³/mol. The summed E-state index contributed by atoms with van der Waals surface area (Å²) < 4.78 is 28.2. The van der Waals surface area contributed by atoms with Gasteiger partial charge in [-0.15, -0.1) is 0 Å². The van der Waals surface area contributed by atoms with Crippen molar-refractivity contribution in [2.45, 2.75) is 26.7 Å². The Hall–Kier alpha value is -1.96. The molecule has 0 radical (unpaired) electrons. The van der Waals surface area contributed by atoms with Crippen LogP contribution in [0.2, 0.25) is 0 Å². The van der Waals surface area contributed by atoms with E-state index >= 15 is 0 Å². The minimum atomic E-state index is -0.812. The number of aryl methyl sites for hydroxylation is 2. The minimum absolute atomic E-state index is 0.269. The quantitative estimate of drug-likeness (QED) is 0.625. The fraction of sp³-hybridized carbons (Fsp3) is 0.222. The Balaban J connectivity index is 2.30. The minimum Gasteiger partial charge on any atom is -0.203 e. The van der Waals surface area contributed by atoms with Gasteiger partial charge in [-0.05, 0) is 18.9 Å². The molecule has 0 aromatic heterocycles. The number of benzene rings is 2. The third-order valence-electron chi connectivity index (χ3n) is 3.24. The average Bonchev–Trinajstić information content (AvgIpc) is 2.48. The summed E-state index contributed by atoms with van der Waals surface area (Å²) in [5.41, 5.74) is 2.71. The first kappa shape index (κ1) is 14.4. The number of halogens is 2. The summed E-state index contributed by atoms with van der Waals surface area (Å²) in [7, 11) is 0. The van der Waals surface area contributed by atoms with Crippen LogP contribution in [0.3, 0.4) is 0 Å². The topological polar surface area (TPSA) is 0 Å². The normalized spacial score (nSPS) is 12.2. The van der Waals surface area contributed by atoms with Gasteiger partial charge in [0.25, 0.3) is 0 Å². The molecule has 0 spiro atoms. The van der Waals surface area contributed by atoms with E-state index < -0.39 is 11.7 Å². The molecule has 0 aliphatic heterocycles. The van der Waals surface area contributed by atoms with Crippen molar-refractivity contribution in [3.8, 4) is 0 Å². The molecule has 0 aliphatic rings. The Morgan fingerprint density at radius 3 is 1.70 bits per heavy atom. The fourth-order valence-corrected chi connectivity index (χ4v) is 2.06. The third kappa shape index (κ3) is 3.32. The van der Waals surface area contributed by atoms with Crippen LogP contribution >= 0.6 is 0 Å². The zero-order valence-corrected chi connectivity index (χ0v) is 11.8. The van der Waals surface area contributed by atoms with E-state index in [9.17, 15) is 8.78 Å². The van der Waals surface area contributed by atoms with E-state index in [2.05, 4.69) is 6.92 Å². The van der Waals surface area contributed by atoms with E-state index in [1.165, 1.54) is 0 Å². The van der Waals surface area contributed by atoms with E-state index in [4.69, 9.17) is 0 Å². The van der Waals surface area contributed by atoms with Crippen molar-refractivity contribution in [2.24, 2.45) is 0 Å². The van der Waals surface area contributed by atoms with Crippen LogP contribution in [0.5, 0.6) is 0 Å². The summed E-state index contributed by atoms with van der Waals surface area (Å²) in [5, 5.41) is 0. The van der Waals surface area contributed by atoms with Gasteiger partial charge in [-0.2, -0.15) is 0 Å². The molecule has 0 N–H and O–H groups in total. The van der Waals surface area contributed by atoms with Gasteiger partial charge in [0.2, 0.25) is 0 Å². The van der Waals surface area contributed by atoms with E-state index in [1.54, 1.807) is 36.4 Å². The molecule has 0 atom stereocenters. The molecule has 2 rings (SSSR count). The highest BCUT2D eigenvalue weighted by molar-refractivity contribution is 5.83. The van der Waals surface area contributed by atoms with Gasteiger partial charge in [-0.3, -0.25) is 0 Å². The molecule has 0 saturated carbocycles. The van der Waals surface area contributed by atoms with Gasteiger partial charge in [-0.1, -0.05) is 67.4 Å². The molecule has 0 unspecified atom stereocenters. The second kappa shape index (κ2) is 6.47. The highest BCUT2D eigenvalue weighted by atomic mass is 19.2. The van der Waals surface area contributed by atoms with Crippen LogP contribution in [-0.2, 0) is 6.42 Å². The highest BCUT2D eigenvalue weighted by Crippen LogP contribution is 2.29. The first-order chi connectivity index (χ1) is 9.61. The molecule has 0 amide bonds. The van der Waals surface area contributed by atoms with Crippen LogP contribution in [0.1, 0.15) is 35.6 Å².